The number of fused-ring (bicyclic) bond motifs is 2. The summed E-state index contributed by atoms with van der Waals surface area (Å²) in [6.07, 6.45) is 6.97. The predicted octanol–water partition coefficient (Wildman–Crippen LogP) is 2.50. The quantitative estimate of drug-likeness (QED) is 0.734. The number of para-hydroxylation sites is 1. The number of nitrogens with zero attached hydrogens (tertiary/aromatic N) is 4. The van der Waals surface area contributed by atoms with Crippen LogP contribution in [0.3, 0.4) is 0 Å². The third-order valence-corrected chi connectivity index (χ3v) is 7.80. The SMILES string of the molecule is O=C(C1=CN2CCS(=O)(=O)N=C2C=C1)N1CCC[C@H](c2nc3ccccc3s2)C1. The van der Waals surface area contributed by atoms with Crippen molar-refractivity contribution in [1.82, 2.24) is 14.8 Å². The molecule has 29 heavy (non-hydrogen) atoms. The van der Waals surface area contributed by atoms with E-state index in [1.165, 1.54) is 4.70 Å². The molecule has 1 fully saturated rings. The second kappa shape index (κ2) is 7.07. The van der Waals surface area contributed by atoms with Crippen molar-refractivity contribution in [2.24, 2.45) is 4.40 Å². The smallest absolute Gasteiger partial charge is 0.256 e. The highest BCUT2D eigenvalue weighted by atomic mass is 32.2. The number of piperidine rings is 1. The minimum absolute atomic E-state index is 0.0282. The highest BCUT2D eigenvalue weighted by Crippen LogP contribution is 2.33. The second-order valence-electron chi connectivity index (χ2n) is 7.46. The Morgan fingerprint density at radius 2 is 2.03 bits per heavy atom. The lowest BCUT2D eigenvalue weighted by molar-refractivity contribution is -0.128. The molecule has 3 aliphatic rings. The van der Waals surface area contributed by atoms with E-state index < -0.39 is 10.0 Å². The fourth-order valence-corrected chi connectivity index (χ4v) is 6.00. The summed E-state index contributed by atoms with van der Waals surface area (Å²) in [6.45, 7) is 1.69. The number of benzene rings is 1. The van der Waals surface area contributed by atoms with Gasteiger partial charge in [0.15, 0.2) is 0 Å². The number of likely N-dealkylation sites (tertiary alicyclic amines) is 1. The molecule has 1 aromatic carbocycles. The lowest BCUT2D eigenvalue weighted by Crippen LogP contribution is -2.42. The van der Waals surface area contributed by atoms with E-state index in [0.717, 1.165) is 29.9 Å². The summed E-state index contributed by atoms with van der Waals surface area (Å²) in [5.74, 6) is 0.556. The van der Waals surface area contributed by atoms with Crippen molar-refractivity contribution < 1.29 is 13.2 Å². The number of carbonyl (C=O) groups is 1. The van der Waals surface area contributed by atoms with Crippen LogP contribution in [-0.4, -0.2) is 60.3 Å². The number of thiazole rings is 1. The molecule has 1 aromatic heterocycles. The third-order valence-electron chi connectivity index (χ3n) is 5.44. The fourth-order valence-electron chi connectivity index (χ4n) is 3.94. The van der Waals surface area contributed by atoms with Crippen LogP contribution in [0, 0.1) is 0 Å². The number of sulfonamides is 1. The number of amides is 1. The molecule has 0 bridgehead atoms. The number of rotatable bonds is 2. The molecule has 3 aliphatic heterocycles. The molecular formula is C20H20N4O3S2. The van der Waals surface area contributed by atoms with E-state index in [4.69, 9.17) is 4.98 Å². The molecule has 4 heterocycles. The average Bonchev–Trinajstić information content (AvgIpc) is 3.17. The number of hydrogen-bond acceptors (Lipinski definition) is 6. The van der Waals surface area contributed by atoms with Crippen LogP contribution in [-0.2, 0) is 14.8 Å². The van der Waals surface area contributed by atoms with Gasteiger partial charge in [-0.1, -0.05) is 12.1 Å². The molecule has 0 aliphatic carbocycles. The van der Waals surface area contributed by atoms with Gasteiger partial charge in [-0.05, 0) is 37.1 Å². The Kier molecular flexibility index (Phi) is 4.51. The standard InChI is InChI=1S/C20H20N4O3S2/c25-20(15-7-8-18-22-29(26,27)11-10-23(18)13-15)24-9-3-4-14(12-24)19-21-16-5-1-2-6-17(16)28-19/h1-2,5-8,13-14H,3-4,9-12H2/t14-/m0/s1. The molecule has 7 nitrogen and oxygen atoms in total. The monoisotopic (exact) mass is 428 g/mol. The van der Waals surface area contributed by atoms with Gasteiger partial charge in [-0.25, -0.2) is 13.4 Å². The van der Waals surface area contributed by atoms with Gasteiger partial charge in [0.1, 0.15) is 5.84 Å². The Bertz CT molecular complexity index is 1150. The zero-order valence-electron chi connectivity index (χ0n) is 15.7. The third kappa shape index (κ3) is 3.60. The molecule has 0 N–H and O–H groups in total. The minimum Gasteiger partial charge on any atom is -0.338 e. The Morgan fingerprint density at radius 3 is 2.90 bits per heavy atom. The summed E-state index contributed by atoms with van der Waals surface area (Å²) < 4.78 is 28.3. The van der Waals surface area contributed by atoms with Crippen LogP contribution >= 0.6 is 11.3 Å². The number of carbonyl (C=O) groups excluding carboxylic acids is 1. The van der Waals surface area contributed by atoms with Gasteiger partial charge in [-0.2, -0.15) is 0 Å². The van der Waals surface area contributed by atoms with Crippen molar-refractivity contribution in [2.45, 2.75) is 18.8 Å². The number of amidine groups is 1. The largest absolute Gasteiger partial charge is 0.338 e. The summed E-state index contributed by atoms with van der Waals surface area (Å²) >= 11 is 1.71. The van der Waals surface area contributed by atoms with Gasteiger partial charge in [0, 0.05) is 31.8 Å². The van der Waals surface area contributed by atoms with Crippen molar-refractivity contribution >= 4 is 43.3 Å². The maximum atomic E-state index is 13.1. The topological polar surface area (TPSA) is 82.9 Å². The molecule has 150 valence electrons. The van der Waals surface area contributed by atoms with Crippen LogP contribution in [0.2, 0.25) is 0 Å². The van der Waals surface area contributed by atoms with E-state index >= 15 is 0 Å². The maximum absolute atomic E-state index is 13.1. The molecule has 0 radical (unpaired) electrons. The first-order valence-corrected chi connectivity index (χ1v) is 12.0. The molecule has 1 saturated heterocycles. The molecule has 1 atom stereocenters. The minimum atomic E-state index is -3.40. The summed E-state index contributed by atoms with van der Waals surface area (Å²) in [7, 11) is -3.40. The first kappa shape index (κ1) is 18.5. The first-order valence-electron chi connectivity index (χ1n) is 9.62. The average molecular weight is 429 g/mol. The zero-order valence-corrected chi connectivity index (χ0v) is 17.3. The van der Waals surface area contributed by atoms with Crippen molar-refractivity contribution in [3.63, 3.8) is 0 Å². The van der Waals surface area contributed by atoms with Crippen LogP contribution in [0.15, 0.2) is 52.6 Å². The molecule has 5 rings (SSSR count). The first-order chi connectivity index (χ1) is 14.0. The number of aromatic nitrogens is 1. The highest BCUT2D eigenvalue weighted by Gasteiger charge is 2.30. The normalized spacial score (nSPS) is 23.5. The Morgan fingerprint density at radius 1 is 1.17 bits per heavy atom. The van der Waals surface area contributed by atoms with Crippen LogP contribution < -0.4 is 0 Å². The van der Waals surface area contributed by atoms with Gasteiger partial charge in [-0.15, -0.1) is 15.7 Å². The van der Waals surface area contributed by atoms with E-state index in [-0.39, 0.29) is 17.6 Å². The zero-order chi connectivity index (χ0) is 20.0. The number of hydrogen-bond donors (Lipinski definition) is 0. The second-order valence-corrected chi connectivity index (χ2v) is 10.3. The lowest BCUT2D eigenvalue weighted by atomic mass is 9.97. The van der Waals surface area contributed by atoms with Gasteiger partial charge in [0.05, 0.1) is 26.6 Å². The van der Waals surface area contributed by atoms with Gasteiger partial charge in [0.25, 0.3) is 15.9 Å². The van der Waals surface area contributed by atoms with Gasteiger partial charge in [-0.3, -0.25) is 4.79 Å². The van der Waals surface area contributed by atoms with E-state index in [1.807, 2.05) is 23.1 Å². The summed E-state index contributed by atoms with van der Waals surface area (Å²) in [4.78, 5) is 21.5. The van der Waals surface area contributed by atoms with Crippen LogP contribution in [0.25, 0.3) is 10.2 Å². The van der Waals surface area contributed by atoms with E-state index in [9.17, 15) is 13.2 Å². The van der Waals surface area contributed by atoms with Gasteiger partial charge in [0.2, 0.25) is 0 Å². The van der Waals surface area contributed by atoms with Crippen LogP contribution in [0.1, 0.15) is 23.8 Å². The van der Waals surface area contributed by atoms with Crippen molar-refractivity contribution in [1.29, 1.82) is 0 Å². The molecule has 1 amide bonds. The molecule has 0 spiro atoms. The van der Waals surface area contributed by atoms with Gasteiger partial charge < -0.3 is 9.80 Å². The maximum Gasteiger partial charge on any atom is 0.256 e. The molecule has 0 unspecified atom stereocenters. The fraction of sp³-hybridized carbons (Fsp3) is 0.350. The lowest BCUT2D eigenvalue weighted by Gasteiger charge is -2.33. The van der Waals surface area contributed by atoms with Crippen molar-refractivity contribution in [2.75, 3.05) is 25.4 Å². The van der Waals surface area contributed by atoms with Crippen molar-refractivity contribution in [3.8, 4) is 0 Å². The summed E-state index contributed by atoms with van der Waals surface area (Å²) in [6, 6.07) is 8.12. The van der Waals surface area contributed by atoms with E-state index in [2.05, 4.69) is 10.5 Å². The summed E-state index contributed by atoms with van der Waals surface area (Å²) in [5.41, 5.74) is 1.58. The molecule has 0 saturated carbocycles. The van der Waals surface area contributed by atoms with Gasteiger partial charge >= 0.3 is 0 Å². The van der Waals surface area contributed by atoms with Crippen LogP contribution in [0.5, 0.6) is 0 Å². The van der Waals surface area contributed by atoms with E-state index in [0.29, 0.717) is 24.5 Å². The van der Waals surface area contributed by atoms with Crippen molar-refractivity contribution in [3.05, 3.63) is 53.2 Å². The molecule has 9 heteroatoms. The Labute approximate surface area is 173 Å². The Balaban J connectivity index is 1.34. The van der Waals surface area contributed by atoms with E-state index in [1.54, 1.807) is 34.6 Å². The van der Waals surface area contributed by atoms with Crippen LogP contribution in [0.4, 0.5) is 0 Å². The highest BCUT2D eigenvalue weighted by molar-refractivity contribution is 7.90. The Hall–Kier alpha value is -2.52. The molecule has 2 aromatic rings. The molecular weight excluding hydrogens is 408 g/mol. The predicted molar refractivity (Wildman–Crippen MR) is 113 cm³/mol. The summed E-state index contributed by atoms with van der Waals surface area (Å²) in [5, 5.41) is 1.09.